The molecule has 0 aliphatic heterocycles. The van der Waals surface area contributed by atoms with Crippen molar-refractivity contribution in [2.24, 2.45) is 0 Å². The van der Waals surface area contributed by atoms with E-state index in [1.54, 1.807) is 24.1 Å². The number of carbonyl (C=O) groups is 1. The predicted molar refractivity (Wildman–Crippen MR) is 72.5 cm³/mol. The average molecular weight is 266 g/mol. The van der Waals surface area contributed by atoms with Crippen LogP contribution in [0.3, 0.4) is 0 Å². The number of nitro groups is 1. The van der Waals surface area contributed by atoms with Crippen LogP contribution < -0.4 is 11.1 Å². The Hall–Kier alpha value is -2.15. The minimum absolute atomic E-state index is 0.0889. The number of carbonyl (C=O) groups excluding carboxylic acids is 1. The minimum Gasteiger partial charge on any atom is -0.393 e. The van der Waals surface area contributed by atoms with Gasteiger partial charge in [0.05, 0.1) is 11.5 Å². The van der Waals surface area contributed by atoms with Crippen molar-refractivity contribution in [3.63, 3.8) is 0 Å². The molecule has 1 aromatic rings. The molecule has 19 heavy (non-hydrogen) atoms. The molecule has 0 spiro atoms. The van der Waals surface area contributed by atoms with Crippen LogP contribution in [-0.2, 0) is 11.3 Å². The van der Waals surface area contributed by atoms with Crippen molar-refractivity contribution >= 4 is 17.3 Å². The third-order valence-electron chi connectivity index (χ3n) is 2.60. The highest BCUT2D eigenvalue weighted by Crippen LogP contribution is 2.25. The molecule has 0 unspecified atom stereocenters. The summed E-state index contributed by atoms with van der Waals surface area (Å²) in [6.45, 7) is 3.02. The number of nitrogen functional groups attached to an aromatic ring is 1. The third-order valence-corrected chi connectivity index (χ3v) is 2.60. The van der Waals surface area contributed by atoms with Gasteiger partial charge in [-0.2, -0.15) is 0 Å². The van der Waals surface area contributed by atoms with E-state index in [0.717, 1.165) is 0 Å². The highest BCUT2D eigenvalue weighted by molar-refractivity contribution is 5.77. The molecule has 104 valence electrons. The average Bonchev–Trinajstić information content (AvgIpc) is 2.31. The second kappa shape index (κ2) is 6.69. The van der Waals surface area contributed by atoms with E-state index in [2.05, 4.69) is 5.32 Å². The van der Waals surface area contributed by atoms with Crippen molar-refractivity contribution in [2.75, 3.05) is 25.9 Å². The summed E-state index contributed by atoms with van der Waals surface area (Å²) < 4.78 is 0. The molecule has 1 rings (SSSR count). The number of nitrogens with zero attached hydrogens (tertiary/aromatic N) is 2. The Morgan fingerprint density at radius 2 is 2.21 bits per heavy atom. The van der Waals surface area contributed by atoms with Crippen molar-refractivity contribution in [1.29, 1.82) is 0 Å². The molecule has 7 heteroatoms. The van der Waals surface area contributed by atoms with E-state index >= 15 is 0 Å². The van der Waals surface area contributed by atoms with Crippen LogP contribution in [0.15, 0.2) is 18.2 Å². The summed E-state index contributed by atoms with van der Waals surface area (Å²) in [7, 11) is 1.76. The summed E-state index contributed by atoms with van der Waals surface area (Å²) in [5, 5.41) is 13.5. The Bertz CT molecular complexity index is 476. The molecule has 0 bridgehead atoms. The fourth-order valence-corrected chi connectivity index (χ4v) is 1.74. The van der Waals surface area contributed by atoms with Crippen LogP contribution in [0.1, 0.15) is 12.5 Å². The standard InChI is InChI=1S/C12H18N4O3/c1-3-14-11(17)8-15(2)7-9-5-4-6-10(12(9)13)16(18)19/h4-6H,3,7-8,13H2,1-2H3,(H,14,17). The first-order valence-electron chi connectivity index (χ1n) is 5.92. The number of rotatable bonds is 6. The summed E-state index contributed by atoms with van der Waals surface area (Å²) in [5.41, 5.74) is 6.43. The molecule has 1 amide bonds. The van der Waals surface area contributed by atoms with E-state index in [1.165, 1.54) is 6.07 Å². The third kappa shape index (κ3) is 4.22. The molecule has 0 heterocycles. The van der Waals surface area contributed by atoms with Gasteiger partial charge in [-0.05, 0) is 19.5 Å². The molecule has 3 N–H and O–H groups in total. The van der Waals surface area contributed by atoms with E-state index in [1.807, 2.05) is 6.92 Å². The molecule has 0 aromatic heterocycles. The van der Waals surface area contributed by atoms with Gasteiger partial charge in [0.15, 0.2) is 0 Å². The maximum Gasteiger partial charge on any atom is 0.292 e. The van der Waals surface area contributed by atoms with Crippen LogP contribution in [0.4, 0.5) is 11.4 Å². The van der Waals surface area contributed by atoms with Gasteiger partial charge < -0.3 is 11.1 Å². The number of hydrogen-bond acceptors (Lipinski definition) is 5. The molecule has 7 nitrogen and oxygen atoms in total. The van der Waals surface area contributed by atoms with Gasteiger partial charge in [0.2, 0.25) is 5.91 Å². The molecular weight excluding hydrogens is 248 g/mol. The number of para-hydroxylation sites is 1. The van der Waals surface area contributed by atoms with Gasteiger partial charge in [-0.25, -0.2) is 0 Å². The number of hydrogen-bond donors (Lipinski definition) is 2. The zero-order valence-electron chi connectivity index (χ0n) is 11.0. The smallest absolute Gasteiger partial charge is 0.292 e. The Kier molecular flexibility index (Phi) is 5.25. The lowest BCUT2D eigenvalue weighted by Crippen LogP contribution is -2.34. The van der Waals surface area contributed by atoms with E-state index in [0.29, 0.717) is 18.7 Å². The van der Waals surface area contributed by atoms with E-state index in [-0.39, 0.29) is 23.8 Å². The number of anilines is 1. The SMILES string of the molecule is CCNC(=O)CN(C)Cc1cccc([N+](=O)[O-])c1N. The predicted octanol–water partition coefficient (Wildman–Crippen LogP) is 0.745. The van der Waals surface area contributed by atoms with Gasteiger partial charge in [0, 0.05) is 19.2 Å². The fourth-order valence-electron chi connectivity index (χ4n) is 1.74. The number of nitro benzene ring substituents is 1. The van der Waals surface area contributed by atoms with Crippen LogP contribution in [0.25, 0.3) is 0 Å². The number of nitrogens with two attached hydrogens (primary N) is 1. The van der Waals surface area contributed by atoms with Gasteiger partial charge in [-0.3, -0.25) is 19.8 Å². The molecule has 0 atom stereocenters. The van der Waals surface area contributed by atoms with E-state index in [9.17, 15) is 14.9 Å². The molecule has 0 fully saturated rings. The lowest BCUT2D eigenvalue weighted by atomic mass is 10.1. The maximum absolute atomic E-state index is 11.4. The quantitative estimate of drug-likeness (QED) is 0.449. The Morgan fingerprint density at radius 3 is 2.79 bits per heavy atom. The highest BCUT2D eigenvalue weighted by atomic mass is 16.6. The lowest BCUT2D eigenvalue weighted by molar-refractivity contribution is -0.384. The molecule has 1 aromatic carbocycles. The summed E-state index contributed by atoms with van der Waals surface area (Å²) >= 11 is 0. The van der Waals surface area contributed by atoms with E-state index in [4.69, 9.17) is 5.73 Å². The number of benzene rings is 1. The van der Waals surface area contributed by atoms with Crippen molar-refractivity contribution in [1.82, 2.24) is 10.2 Å². The van der Waals surface area contributed by atoms with Crippen molar-refractivity contribution < 1.29 is 9.72 Å². The number of nitrogens with one attached hydrogen (secondary N) is 1. The molecule has 0 radical (unpaired) electrons. The van der Waals surface area contributed by atoms with Crippen LogP contribution in [0.5, 0.6) is 0 Å². The molecule has 0 aliphatic carbocycles. The lowest BCUT2D eigenvalue weighted by Gasteiger charge is -2.17. The summed E-state index contributed by atoms with van der Waals surface area (Å²) in [5.74, 6) is -0.0889. The second-order valence-electron chi connectivity index (χ2n) is 4.23. The zero-order chi connectivity index (χ0) is 14.4. The fraction of sp³-hybridized carbons (Fsp3) is 0.417. The first-order valence-corrected chi connectivity index (χ1v) is 5.92. The van der Waals surface area contributed by atoms with Gasteiger partial charge in [0.25, 0.3) is 5.69 Å². The number of amides is 1. The Morgan fingerprint density at radius 1 is 1.53 bits per heavy atom. The van der Waals surface area contributed by atoms with Gasteiger partial charge >= 0.3 is 0 Å². The minimum atomic E-state index is -0.511. The largest absolute Gasteiger partial charge is 0.393 e. The molecule has 0 aliphatic rings. The first kappa shape index (κ1) is 14.9. The Balaban J connectivity index is 2.74. The van der Waals surface area contributed by atoms with Crippen LogP contribution in [0.2, 0.25) is 0 Å². The monoisotopic (exact) mass is 266 g/mol. The van der Waals surface area contributed by atoms with Crippen LogP contribution in [-0.4, -0.2) is 35.9 Å². The first-order chi connectivity index (χ1) is 8.95. The maximum atomic E-state index is 11.4. The molecule has 0 saturated heterocycles. The van der Waals surface area contributed by atoms with Crippen LogP contribution in [0, 0.1) is 10.1 Å². The normalized spacial score (nSPS) is 10.5. The summed E-state index contributed by atoms with van der Waals surface area (Å²) in [6.07, 6.45) is 0. The second-order valence-corrected chi connectivity index (χ2v) is 4.23. The van der Waals surface area contributed by atoms with Gasteiger partial charge in [0.1, 0.15) is 5.69 Å². The summed E-state index contributed by atoms with van der Waals surface area (Å²) in [6, 6.07) is 4.67. The van der Waals surface area contributed by atoms with E-state index < -0.39 is 4.92 Å². The van der Waals surface area contributed by atoms with Crippen molar-refractivity contribution in [2.45, 2.75) is 13.5 Å². The number of likely N-dealkylation sites (N-methyl/N-ethyl adjacent to an activating group) is 2. The molecule has 0 saturated carbocycles. The zero-order valence-corrected chi connectivity index (χ0v) is 11.0. The van der Waals surface area contributed by atoms with Gasteiger partial charge in [-0.15, -0.1) is 0 Å². The van der Waals surface area contributed by atoms with Gasteiger partial charge in [-0.1, -0.05) is 12.1 Å². The van der Waals surface area contributed by atoms with Crippen molar-refractivity contribution in [3.8, 4) is 0 Å². The topological polar surface area (TPSA) is 102 Å². The summed E-state index contributed by atoms with van der Waals surface area (Å²) in [4.78, 5) is 23.4. The Labute approximate surface area is 111 Å². The van der Waals surface area contributed by atoms with Crippen LogP contribution >= 0.6 is 0 Å². The highest BCUT2D eigenvalue weighted by Gasteiger charge is 2.15. The molecular formula is C12H18N4O3. The van der Waals surface area contributed by atoms with Crippen molar-refractivity contribution in [3.05, 3.63) is 33.9 Å².